The molecule has 4 heteroatoms. The van der Waals surface area contributed by atoms with Gasteiger partial charge in [0.1, 0.15) is 11.3 Å². The number of para-hydroxylation sites is 1. The third-order valence-electron chi connectivity index (χ3n) is 3.52. The summed E-state index contributed by atoms with van der Waals surface area (Å²) in [5, 5.41) is 13.7. The number of aliphatic hydroxyl groups excluding tert-OH is 1. The van der Waals surface area contributed by atoms with E-state index in [0.29, 0.717) is 18.5 Å². The lowest BCUT2D eigenvalue weighted by molar-refractivity contribution is 0.135. The van der Waals surface area contributed by atoms with E-state index < -0.39 is 0 Å². The fraction of sp³-hybridized carbons (Fsp3) is 0.471. The highest BCUT2D eigenvalue weighted by Crippen LogP contribution is 2.28. The Kier molecular flexibility index (Phi) is 4.47. The molecule has 114 valence electrons. The van der Waals surface area contributed by atoms with E-state index >= 15 is 0 Å². The van der Waals surface area contributed by atoms with E-state index in [4.69, 9.17) is 0 Å². The van der Waals surface area contributed by atoms with Crippen LogP contribution in [0, 0.1) is 18.2 Å². The van der Waals surface area contributed by atoms with Crippen LogP contribution in [0.1, 0.15) is 32.9 Å². The molecular weight excluding hydrogens is 267 g/mol. The molecule has 3 nitrogen and oxygen atoms in total. The minimum atomic E-state index is -0.338. The number of aliphatic hydroxyl groups is 1. The molecule has 1 aromatic heterocycles. The van der Waals surface area contributed by atoms with E-state index in [2.05, 4.69) is 24.1 Å². The standard InChI is InChI=1S/C17H23FN2O/c1-11-8-15(19-10-17(3,4)9-12(2)21)13-6-5-7-14(18)16(13)20-11/h5-8,12,21H,9-10H2,1-4H3,(H,19,20). The molecule has 1 atom stereocenters. The molecule has 0 radical (unpaired) electrons. The molecule has 0 bridgehead atoms. The predicted octanol–water partition coefficient (Wildman–Crippen LogP) is 3.89. The van der Waals surface area contributed by atoms with Crippen molar-refractivity contribution in [2.75, 3.05) is 11.9 Å². The molecule has 21 heavy (non-hydrogen) atoms. The number of rotatable bonds is 5. The van der Waals surface area contributed by atoms with Crippen molar-refractivity contribution in [1.82, 2.24) is 4.98 Å². The Labute approximate surface area is 125 Å². The molecule has 0 fully saturated rings. The largest absolute Gasteiger partial charge is 0.393 e. The lowest BCUT2D eigenvalue weighted by atomic mass is 9.87. The van der Waals surface area contributed by atoms with Crippen molar-refractivity contribution in [2.24, 2.45) is 5.41 Å². The first-order valence-electron chi connectivity index (χ1n) is 7.26. The fourth-order valence-corrected chi connectivity index (χ4v) is 2.69. The molecular formula is C17H23FN2O. The van der Waals surface area contributed by atoms with Gasteiger partial charge in [-0.15, -0.1) is 0 Å². The maximum atomic E-state index is 13.9. The van der Waals surface area contributed by atoms with Gasteiger partial charge < -0.3 is 10.4 Å². The van der Waals surface area contributed by atoms with Crippen LogP contribution in [0.5, 0.6) is 0 Å². The van der Waals surface area contributed by atoms with Crippen molar-refractivity contribution in [3.05, 3.63) is 35.8 Å². The van der Waals surface area contributed by atoms with Crippen molar-refractivity contribution in [3.63, 3.8) is 0 Å². The molecule has 0 saturated carbocycles. The Morgan fingerprint density at radius 3 is 2.76 bits per heavy atom. The zero-order valence-corrected chi connectivity index (χ0v) is 13.1. The summed E-state index contributed by atoms with van der Waals surface area (Å²) in [6.07, 6.45) is 0.367. The summed E-state index contributed by atoms with van der Waals surface area (Å²) in [4.78, 5) is 4.27. The third-order valence-corrected chi connectivity index (χ3v) is 3.52. The second kappa shape index (κ2) is 5.98. The molecule has 0 aliphatic carbocycles. The van der Waals surface area contributed by atoms with Gasteiger partial charge in [-0.05, 0) is 37.8 Å². The Morgan fingerprint density at radius 2 is 2.10 bits per heavy atom. The van der Waals surface area contributed by atoms with Gasteiger partial charge in [-0.25, -0.2) is 9.37 Å². The van der Waals surface area contributed by atoms with Gasteiger partial charge in [0.2, 0.25) is 0 Å². The normalized spacial score (nSPS) is 13.4. The van der Waals surface area contributed by atoms with Crippen LogP contribution in [0.4, 0.5) is 10.1 Å². The van der Waals surface area contributed by atoms with Gasteiger partial charge >= 0.3 is 0 Å². The number of anilines is 1. The molecule has 0 saturated heterocycles. The lowest BCUT2D eigenvalue weighted by Gasteiger charge is -2.27. The molecule has 0 spiro atoms. The van der Waals surface area contributed by atoms with Crippen LogP contribution in [0.2, 0.25) is 0 Å². The number of nitrogens with zero attached hydrogens (tertiary/aromatic N) is 1. The zero-order chi connectivity index (χ0) is 15.6. The topological polar surface area (TPSA) is 45.1 Å². The van der Waals surface area contributed by atoms with Gasteiger partial charge in [-0.1, -0.05) is 26.0 Å². The first-order chi connectivity index (χ1) is 9.78. The zero-order valence-electron chi connectivity index (χ0n) is 13.1. The van der Waals surface area contributed by atoms with Gasteiger partial charge in [0, 0.05) is 23.3 Å². The summed E-state index contributed by atoms with van der Waals surface area (Å²) in [6.45, 7) is 8.56. The van der Waals surface area contributed by atoms with Crippen molar-refractivity contribution < 1.29 is 9.50 Å². The second-order valence-corrected chi connectivity index (χ2v) is 6.52. The number of halogens is 1. The molecule has 2 N–H and O–H groups in total. The van der Waals surface area contributed by atoms with Gasteiger partial charge in [-0.3, -0.25) is 0 Å². The molecule has 1 unspecified atom stereocenters. The summed E-state index contributed by atoms with van der Waals surface area (Å²) < 4.78 is 13.9. The van der Waals surface area contributed by atoms with E-state index in [0.717, 1.165) is 16.8 Å². The van der Waals surface area contributed by atoms with E-state index in [-0.39, 0.29) is 17.3 Å². The lowest BCUT2D eigenvalue weighted by Crippen LogP contribution is -2.27. The van der Waals surface area contributed by atoms with Gasteiger partial charge in [0.15, 0.2) is 0 Å². The minimum Gasteiger partial charge on any atom is -0.393 e. The van der Waals surface area contributed by atoms with Crippen molar-refractivity contribution in [1.29, 1.82) is 0 Å². The summed E-state index contributed by atoms with van der Waals surface area (Å²) >= 11 is 0. The van der Waals surface area contributed by atoms with Gasteiger partial charge in [0.25, 0.3) is 0 Å². The van der Waals surface area contributed by atoms with Crippen LogP contribution in [-0.4, -0.2) is 22.7 Å². The summed E-state index contributed by atoms with van der Waals surface area (Å²) in [7, 11) is 0. The van der Waals surface area contributed by atoms with Crippen LogP contribution in [0.25, 0.3) is 10.9 Å². The van der Waals surface area contributed by atoms with E-state index in [9.17, 15) is 9.50 Å². The molecule has 1 heterocycles. The van der Waals surface area contributed by atoms with Gasteiger partial charge in [-0.2, -0.15) is 0 Å². The number of fused-ring (bicyclic) bond motifs is 1. The predicted molar refractivity (Wildman–Crippen MR) is 85.0 cm³/mol. The smallest absolute Gasteiger partial charge is 0.149 e. The van der Waals surface area contributed by atoms with Crippen molar-refractivity contribution in [2.45, 2.75) is 40.2 Å². The van der Waals surface area contributed by atoms with Crippen LogP contribution < -0.4 is 5.32 Å². The van der Waals surface area contributed by atoms with Crippen LogP contribution in [0.15, 0.2) is 24.3 Å². The molecule has 1 aromatic carbocycles. The number of nitrogens with one attached hydrogen (secondary N) is 1. The average Bonchev–Trinajstić information content (AvgIpc) is 2.36. The first-order valence-corrected chi connectivity index (χ1v) is 7.26. The quantitative estimate of drug-likeness (QED) is 0.878. The van der Waals surface area contributed by atoms with E-state index in [1.54, 1.807) is 13.0 Å². The summed E-state index contributed by atoms with van der Waals surface area (Å²) in [6, 6.07) is 6.92. The highest BCUT2D eigenvalue weighted by atomic mass is 19.1. The van der Waals surface area contributed by atoms with E-state index in [1.807, 2.05) is 19.1 Å². The number of benzene rings is 1. The van der Waals surface area contributed by atoms with Crippen LogP contribution in [-0.2, 0) is 0 Å². The highest BCUT2D eigenvalue weighted by Gasteiger charge is 2.20. The third kappa shape index (κ3) is 3.91. The van der Waals surface area contributed by atoms with E-state index in [1.165, 1.54) is 6.07 Å². The molecule has 0 aliphatic rings. The highest BCUT2D eigenvalue weighted by molar-refractivity contribution is 5.91. The Bertz CT molecular complexity index is 638. The fourth-order valence-electron chi connectivity index (χ4n) is 2.69. The molecule has 2 aromatic rings. The Hall–Kier alpha value is -1.68. The number of aromatic nitrogens is 1. The number of pyridine rings is 1. The summed E-state index contributed by atoms with van der Waals surface area (Å²) in [5.41, 5.74) is 2.01. The molecule has 0 aliphatic heterocycles. The van der Waals surface area contributed by atoms with Crippen LogP contribution in [0.3, 0.4) is 0 Å². The second-order valence-electron chi connectivity index (χ2n) is 6.52. The Balaban J connectivity index is 2.28. The number of aryl methyl sites for hydroxylation is 1. The Morgan fingerprint density at radius 1 is 1.38 bits per heavy atom. The molecule has 2 rings (SSSR count). The summed E-state index contributed by atoms with van der Waals surface area (Å²) in [5.74, 6) is -0.303. The first kappa shape index (κ1) is 15.7. The maximum Gasteiger partial charge on any atom is 0.149 e. The SMILES string of the molecule is Cc1cc(NCC(C)(C)CC(C)O)c2cccc(F)c2n1. The van der Waals surface area contributed by atoms with Crippen LogP contribution >= 0.6 is 0 Å². The van der Waals surface area contributed by atoms with Crippen molar-refractivity contribution in [3.8, 4) is 0 Å². The van der Waals surface area contributed by atoms with Crippen molar-refractivity contribution >= 4 is 16.6 Å². The number of hydrogen-bond donors (Lipinski definition) is 2. The maximum absolute atomic E-state index is 13.9. The monoisotopic (exact) mass is 290 g/mol. The van der Waals surface area contributed by atoms with Gasteiger partial charge in [0.05, 0.1) is 6.10 Å². The molecule has 0 amide bonds. The minimum absolute atomic E-state index is 0.0506. The average molecular weight is 290 g/mol. The number of hydrogen-bond acceptors (Lipinski definition) is 3.